The summed E-state index contributed by atoms with van der Waals surface area (Å²) in [5.74, 6) is -1.70. The number of halogens is 5. The highest BCUT2D eigenvalue weighted by molar-refractivity contribution is 7.09. The molecule has 1 aromatic carbocycles. The number of amides is 1. The molecular weight excluding hydrogens is 508 g/mol. The lowest BCUT2D eigenvalue weighted by Crippen LogP contribution is -2.44. The van der Waals surface area contributed by atoms with Crippen molar-refractivity contribution in [3.05, 3.63) is 75.0 Å². The number of nitrogens with zero attached hydrogens (tertiary/aromatic N) is 3. The van der Waals surface area contributed by atoms with E-state index in [0.717, 1.165) is 23.6 Å². The number of pyridine rings is 1. The zero-order valence-corrected chi connectivity index (χ0v) is 19.8. The van der Waals surface area contributed by atoms with Gasteiger partial charge in [-0.3, -0.25) is 14.7 Å². The number of benzene rings is 1. The molecule has 1 saturated heterocycles. The van der Waals surface area contributed by atoms with Crippen LogP contribution >= 0.6 is 22.9 Å². The first-order chi connectivity index (χ1) is 16.8. The molecule has 1 N–H and O–H groups in total. The number of aromatic nitrogens is 2. The summed E-state index contributed by atoms with van der Waals surface area (Å²) in [6.45, 7) is 0.884. The van der Waals surface area contributed by atoms with Crippen LogP contribution in [0.1, 0.15) is 46.2 Å². The predicted octanol–water partition coefficient (Wildman–Crippen LogP) is 5.42. The normalized spacial score (nSPS) is 15.8. The molecule has 12 heteroatoms. The SMILES string of the molecule is O=C(NCC(c1scnc1C(F)F)N1CCC(Oc2cncc(F)c2)CC1)c1c(F)cccc1Cl. The number of likely N-dealkylation sites (tertiary alicyclic amines) is 1. The highest BCUT2D eigenvalue weighted by atomic mass is 35.5. The van der Waals surface area contributed by atoms with Crippen molar-refractivity contribution in [3.8, 4) is 5.75 Å². The molecule has 1 atom stereocenters. The Morgan fingerprint density at radius 3 is 2.71 bits per heavy atom. The van der Waals surface area contributed by atoms with Gasteiger partial charge < -0.3 is 10.1 Å². The summed E-state index contributed by atoms with van der Waals surface area (Å²) >= 11 is 7.06. The van der Waals surface area contributed by atoms with Crippen LogP contribution in [0.5, 0.6) is 5.75 Å². The lowest BCUT2D eigenvalue weighted by Gasteiger charge is -2.37. The number of nitrogens with one attached hydrogen (secondary N) is 1. The molecule has 186 valence electrons. The molecule has 0 bridgehead atoms. The van der Waals surface area contributed by atoms with Crippen LogP contribution < -0.4 is 10.1 Å². The minimum atomic E-state index is -2.78. The lowest BCUT2D eigenvalue weighted by molar-refractivity contribution is 0.0699. The van der Waals surface area contributed by atoms with Crippen molar-refractivity contribution in [1.29, 1.82) is 0 Å². The highest BCUT2D eigenvalue weighted by Gasteiger charge is 2.32. The van der Waals surface area contributed by atoms with Crippen LogP contribution in [0, 0.1) is 11.6 Å². The van der Waals surface area contributed by atoms with E-state index in [9.17, 15) is 22.4 Å². The first-order valence-corrected chi connectivity index (χ1v) is 12.0. The zero-order chi connectivity index (χ0) is 24.9. The maximum Gasteiger partial charge on any atom is 0.281 e. The first-order valence-electron chi connectivity index (χ1n) is 10.8. The Morgan fingerprint density at radius 2 is 2.03 bits per heavy atom. The van der Waals surface area contributed by atoms with Crippen molar-refractivity contribution in [2.45, 2.75) is 31.4 Å². The monoisotopic (exact) mass is 528 g/mol. The standard InChI is InChI=1S/C23H21ClF4N4O2S/c24-16-2-1-3-17(26)19(16)23(33)30-11-18(21-20(22(27)28)31-12-35-21)32-6-4-14(5-7-32)34-15-8-13(25)9-29-10-15/h1-3,8-10,12,14,18,22H,4-7,11H2,(H,30,33). The molecule has 1 amide bonds. The third-order valence-corrected chi connectivity index (χ3v) is 6.94. The number of ether oxygens (including phenoxy) is 1. The number of alkyl halides is 2. The van der Waals surface area contributed by atoms with Gasteiger partial charge in [-0.15, -0.1) is 11.3 Å². The molecular formula is C23H21ClF4N4O2S. The van der Waals surface area contributed by atoms with Crippen LogP contribution in [0.4, 0.5) is 17.6 Å². The lowest BCUT2D eigenvalue weighted by atomic mass is 10.0. The fourth-order valence-corrected chi connectivity index (χ4v) is 5.19. The van der Waals surface area contributed by atoms with E-state index in [-0.39, 0.29) is 28.9 Å². The summed E-state index contributed by atoms with van der Waals surface area (Å²) in [7, 11) is 0. The molecule has 1 fully saturated rings. The quantitative estimate of drug-likeness (QED) is 0.395. The van der Waals surface area contributed by atoms with Crippen molar-refractivity contribution in [1.82, 2.24) is 20.2 Å². The van der Waals surface area contributed by atoms with Gasteiger partial charge in [0.05, 0.1) is 39.4 Å². The zero-order valence-electron chi connectivity index (χ0n) is 18.3. The number of piperidine rings is 1. The number of rotatable bonds is 8. The van der Waals surface area contributed by atoms with E-state index in [1.54, 1.807) is 0 Å². The maximum atomic E-state index is 14.2. The molecule has 4 rings (SSSR count). The van der Waals surface area contributed by atoms with E-state index in [1.165, 1.54) is 29.9 Å². The van der Waals surface area contributed by atoms with E-state index in [1.807, 2.05) is 4.90 Å². The average Bonchev–Trinajstić information content (AvgIpc) is 3.30. The van der Waals surface area contributed by atoms with E-state index in [0.29, 0.717) is 36.6 Å². The molecule has 0 aliphatic carbocycles. The summed E-state index contributed by atoms with van der Waals surface area (Å²) in [4.78, 5) is 22.5. The molecule has 2 aromatic heterocycles. The van der Waals surface area contributed by atoms with Gasteiger partial charge in [-0.05, 0) is 25.0 Å². The van der Waals surface area contributed by atoms with Gasteiger partial charge in [0.2, 0.25) is 0 Å². The van der Waals surface area contributed by atoms with Crippen molar-refractivity contribution in [2.24, 2.45) is 0 Å². The number of carbonyl (C=O) groups excluding carboxylic acids is 1. The minimum Gasteiger partial charge on any atom is -0.489 e. The Hall–Kier alpha value is -2.76. The summed E-state index contributed by atoms with van der Waals surface area (Å²) < 4.78 is 60.6. The molecule has 1 aliphatic rings. The first kappa shape index (κ1) is 25.3. The van der Waals surface area contributed by atoms with Gasteiger partial charge in [-0.2, -0.15) is 0 Å². The van der Waals surface area contributed by atoms with Gasteiger partial charge in [-0.25, -0.2) is 22.5 Å². The minimum absolute atomic E-state index is 0.0464. The van der Waals surface area contributed by atoms with Crippen LogP contribution in [0.3, 0.4) is 0 Å². The Balaban J connectivity index is 1.47. The van der Waals surface area contributed by atoms with Crippen molar-refractivity contribution < 1.29 is 27.1 Å². The Bertz CT molecular complexity index is 1150. The smallest absolute Gasteiger partial charge is 0.281 e. The van der Waals surface area contributed by atoms with Crippen molar-refractivity contribution in [2.75, 3.05) is 19.6 Å². The molecule has 0 spiro atoms. The van der Waals surface area contributed by atoms with Gasteiger partial charge in [0.15, 0.2) is 0 Å². The van der Waals surface area contributed by atoms with Crippen LogP contribution in [-0.2, 0) is 0 Å². The number of thiazole rings is 1. The summed E-state index contributed by atoms with van der Waals surface area (Å²) in [6.07, 6.45) is 0.605. The highest BCUT2D eigenvalue weighted by Crippen LogP contribution is 2.35. The van der Waals surface area contributed by atoms with Gasteiger partial charge in [0, 0.05) is 25.7 Å². The van der Waals surface area contributed by atoms with Gasteiger partial charge in [0.25, 0.3) is 12.3 Å². The Kier molecular flexibility index (Phi) is 8.19. The Labute approximate surface area is 207 Å². The van der Waals surface area contributed by atoms with E-state index < -0.39 is 30.0 Å². The van der Waals surface area contributed by atoms with Gasteiger partial charge in [0.1, 0.15) is 29.2 Å². The molecule has 1 unspecified atom stereocenters. The predicted molar refractivity (Wildman–Crippen MR) is 123 cm³/mol. The summed E-state index contributed by atoms with van der Waals surface area (Å²) in [6, 6.07) is 4.54. The Morgan fingerprint density at radius 1 is 1.26 bits per heavy atom. The van der Waals surface area contributed by atoms with Crippen LogP contribution in [0.15, 0.2) is 42.2 Å². The van der Waals surface area contributed by atoms with Crippen LogP contribution in [0.25, 0.3) is 0 Å². The van der Waals surface area contributed by atoms with Gasteiger partial charge in [-0.1, -0.05) is 17.7 Å². The second-order valence-corrected chi connectivity index (χ2v) is 9.21. The van der Waals surface area contributed by atoms with Crippen LogP contribution in [-0.4, -0.2) is 46.5 Å². The van der Waals surface area contributed by atoms with Crippen LogP contribution in [0.2, 0.25) is 5.02 Å². The number of hydrogen-bond acceptors (Lipinski definition) is 6. The topological polar surface area (TPSA) is 67.4 Å². The average molecular weight is 529 g/mol. The summed E-state index contributed by atoms with van der Waals surface area (Å²) in [5, 5.41) is 2.59. The second-order valence-electron chi connectivity index (χ2n) is 7.92. The van der Waals surface area contributed by atoms with Crippen molar-refractivity contribution >= 4 is 28.8 Å². The van der Waals surface area contributed by atoms with E-state index in [2.05, 4.69) is 15.3 Å². The molecule has 0 saturated carbocycles. The van der Waals surface area contributed by atoms with Crippen molar-refractivity contribution in [3.63, 3.8) is 0 Å². The second kappa shape index (κ2) is 11.3. The third-order valence-electron chi connectivity index (χ3n) is 5.68. The van der Waals surface area contributed by atoms with E-state index in [4.69, 9.17) is 16.3 Å². The third kappa shape index (κ3) is 6.09. The molecule has 1 aliphatic heterocycles. The number of hydrogen-bond donors (Lipinski definition) is 1. The van der Waals surface area contributed by atoms with E-state index >= 15 is 0 Å². The molecule has 3 aromatic rings. The van der Waals surface area contributed by atoms with Gasteiger partial charge >= 0.3 is 0 Å². The largest absolute Gasteiger partial charge is 0.489 e. The fourth-order valence-electron chi connectivity index (χ4n) is 4.01. The molecule has 0 radical (unpaired) electrons. The molecule has 3 heterocycles. The molecule has 35 heavy (non-hydrogen) atoms. The molecule has 6 nitrogen and oxygen atoms in total. The fraction of sp³-hybridized carbons (Fsp3) is 0.348. The summed E-state index contributed by atoms with van der Waals surface area (Å²) in [5.41, 5.74) is 0.691. The number of carbonyl (C=O) groups is 1. The maximum absolute atomic E-state index is 14.2.